The van der Waals surface area contributed by atoms with E-state index in [1.807, 2.05) is 31.2 Å². The molecule has 2 N–H and O–H groups in total. The number of aliphatic carboxylic acids is 1. The fraction of sp³-hybridized carbons (Fsp3) is 0.250. The first kappa shape index (κ1) is 15.3. The number of halogens is 1. The zero-order valence-electron chi connectivity index (χ0n) is 10.5. The number of benzene rings is 1. The quantitative estimate of drug-likeness (QED) is 0.752. The Morgan fingerprint density at radius 1 is 1.45 bits per heavy atom. The normalized spacial score (nSPS) is 12.1. The van der Waals surface area contributed by atoms with E-state index in [0.717, 1.165) is 10.0 Å². The monoisotopic (exact) mass is 373 g/mol. The molecular weight excluding hydrogens is 362 g/mol. The van der Waals surface area contributed by atoms with E-state index in [1.54, 1.807) is 0 Å². The van der Waals surface area contributed by atoms with E-state index in [-0.39, 0.29) is 11.8 Å². The number of nitrogens with one attached hydrogen (secondary N) is 1. The first-order valence-corrected chi connectivity index (χ1v) is 8.34. The Morgan fingerprint density at radius 3 is 2.80 bits per heavy atom. The van der Waals surface area contributed by atoms with E-state index in [4.69, 9.17) is 5.11 Å². The predicted molar refractivity (Wildman–Crippen MR) is 84.4 cm³/mol. The molecule has 0 aliphatic carbocycles. The highest BCUT2D eigenvalue weighted by atomic mass is 79.9. The van der Waals surface area contributed by atoms with Crippen molar-refractivity contribution in [1.82, 2.24) is 10.2 Å². The van der Waals surface area contributed by atoms with Crippen molar-refractivity contribution in [2.75, 3.05) is 11.1 Å². The zero-order valence-corrected chi connectivity index (χ0v) is 13.8. The van der Waals surface area contributed by atoms with Gasteiger partial charge >= 0.3 is 5.97 Å². The third kappa shape index (κ3) is 4.46. The molecule has 8 heteroatoms. The summed E-state index contributed by atoms with van der Waals surface area (Å²) in [4.78, 5) is 10.5. The minimum atomic E-state index is -0.858. The number of rotatable bonds is 6. The van der Waals surface area contributed by atoms with E-state index in [1.165, 1.54) is 23.1 Å². The van der Waals surface area contributed by atoms with Crippen LogP contribution in [0.2, 0.25) is 0 Å². The van der Waals surface area contributed by atoms with Gasteiger partial charge in [-0.1, -0.05) is 51.2 Å². The van der Waals surface area contributed by atoms with Gasteiger partial charge in [0.25, 0.3) is 0 Å². The lowest BCUT2D eigenvalue weighted by Crippen LogP contribution is -2.05. The molecule has 0 fully saturated rings. The molecule has 1 heterocycles. The average molecular weight is 374 g/mol. The summed E-state index contributed by atoms with van der Waals surface area (Å²) in [6.07, 6.45) is 0. The Labute approximate surface area is 132 Å². The number of nitrogens with zero attached hydrogens (tertiary/aromatic N) is 2. The lowest BCUT2D eigenvalue weighted by Gasteiger charge is -2.12. The second-order valence-corrected chi connectivity index (χ2v) is 7.09. The molecule has 1 aromatic heterocycles. The van der Waals surface area contributed by atoms with E-state index in [0.29, 0.717) is 9.47 Å². The minimum Gasteiger partial charge on any atom is -0.481 e. The highest BCUT2D eigenvalue weighted by molar-refractivity contribution is 9.10. The molecule has 0 aliphatic rings. The van der Waals surface area contributed by atoms with Crippen molar-refractivity contribution < 1.29 is 9.90 Å². The van der Waals surface area contributed by atoms with E-state index in [2.05, 4.69) is 31.4 Å². The van der Waals surface area contributed by atoms with Gasteiger partial charge in [-0.15, -0.1) is 10.2 Å². The first-order valence-electron chi connectivity index (χ1n) is 5.74. The molecule has 0 saturated carbocycles. The lowest BCUT2D eigenvalue weighted by molar-refractivity contribution is -0.133. The Hall–Kier alpha value is -1.12. The van der Waals surface area contributed by atoms with Gasteiger partial charge in [0.2, 0.25) is 5.13 Å². The summed E-state index contributed by atoms with van der Waals surface area (Å²) in [6, 6.07) is 8.14. The predicted octanol–water partition coefficient (Wildman–Crippen LogP) is 3.65. The summed E-state index contributed by atoms with van der Waals surface area (Å²) in [7, 11) is 0. The van der Waals surface area contributed by atoms with Gasteiger partial charge in [0, 0.05) is 4.47 Å². The molecule has 0 saturated heterocycles. The van der Waals surface area contributed by atoms with Crippen molar-refractivity contribution in [3.05, 3.63) is 34.3 Å². The average Bonchev–Trinajstić information content (AvgIpc) is 2.84. The number of aromatic nitrogens is 2. The van der Waals surface area contributed by atoms with Crippen molar-refractivity contribution in [2.45, 2.75) is 17.3 Å². The van der Waals surface area contributed by atoms with Crippen molar-refractivity contribution in [1.29, 1.82) is 0 Å². The van der Waals surface area contributed by atoms with Crippen LogP contribution in [0, 0.1) is 0 Å². The number of hydrogen-bond donors (Lipinski definition) is 2. The van der Waals surface area contributed by atoms with Gasteiger partial charge in [-0.05, 0) is 24.6 Å². The maximum Gasteiger partial charge on any atom is 0.313 e. The van der Waals surface area contributed by atoms with Gasteiger partial charge < -0.3 is 10.4 Å². The Bertz CT molecular complexity index is 589. The molecule has 1 atom stereocenters. The molecule has 0 bridgehead atoms. The zero-order chi connectivity index (χ0) is 14.5. The van der Waals surface area contributed by atoms with Gasteiger partial charge in [-0.3, -0.25) is 4.79 Å². The van der Waals surface area contributed by atoms with Gasteiger partial charge in [0.15, 0.2) is 4.34 Å². The second kappa shape index (κ2) is 7.05. The standard InChI is InChI=1S/C12H12BrN3O2S2/c1-7(8-2-4-9(13)5-3-8)14-11-15-16-12(20-11)19-6-10(17)18/h2-5,7H,6H2,1H3,(H,14,15)(H,17,18). The van der Waals surface area contributed by atoms with Crippen LogP contribution in [-0.4, -0.2) is 27.0 Å². The van der Waals surface area contributed by atoms with Gasteiger partial charge in [0.1, 0.15) is 0 Å². The van der Waals surface area contributed by atoms with Gasteiger partial charge in [0.05, 0.1) is 11.8 Å². The van der Waals surface area contributed by atoms with Crippen LogP contribution in [0.5, 0.6) is 0 Å². The summed E-state index contributed by atoms with van der Waals surface area (Å²) in [5.41, 5.74) is 1.14. The fourth-order valence-corrected chi connectivity index (χ4v) is 3.29. The second-order valence-electron chi connectivity index (χ2n) is 3.97. The molecule has 2 aromatic rings. The molecule has 5 nitrogen and oxygen atoms in total. The molecular formula is C12H12BrN3O2S2. The number of carboxylic acids is 1. The van der Waals surface area contributed by atoms with E-state index in [9.17, 15) is 4.79 Å². The molecule has 0 spiro atoms. The number of anilines is 1. The van der Waals surface area contributed by atoms with Crippen LogP contribution in [-0.2, 0) is 4.79 Å². The van der Waals surface area contributed by atoms with Crippen molar-refractivity contribution in [3.8, 4) is 0 Å². The Morgan fingerprint density at radius 2 is 2.15 bits per heavy atom. The molecule has 0 aliphatic heterocycles. The molecule has 2 rings (SSSR count). The fourth-order valence-electron chi connectivity index (χ4n) is 1.47. The van der Waals surface area contributed by atoms with Crippen molar-refractivity contribution >= 4 is 50.1 Å². The molecule has 1 unspecified atom stereocenters. The third-order valence-electron chi connectivity index (χ3n) is 2.44. The van der Waals surface area contributed by atoms with Crippen LogP contribution in [0.3, 0.4) is 0 Å². The van der Waals surface area contributed by atoms with E-state index < -0.39 is 5.97 Å². The Balaban J connectivity index is 1.95. The maximum absolute atomic E-state index is 10.5. The van der Waals surface area contributed by atoms with Crippen LogP contribution in [0.1, 0.15) is 18.5 Å². The van der Waals surface area contributed by atoms with Crippen LogP contribution in [0.4, 0.5) is 5.13 Å². The van der Waals surface area contributed by atoms with Gasteiger partial charge in [-0.2, -0.15) is 0 Å². The number of thioether (sulfide) groups is 1. The Kier molecular flexibility index (Phi) is 5.38. The summed E-state index contributed by atoms with van der Waals surface area (Å²) < 4.78 is 1.69. The molecule has 0 radical (unpaired) electrons. The van der Waals surface area contributed by atoms with Crippen LogP contribution in [0.15, 0.2) is 33.1 Å². The minimum absolute atomic E-state index is 0.00308. The summed E-state index contributed by atoms with van der Waals surface area (Å²) in [5, 5.41) is 20.5. The van der Waals surface area contributed by atoms with Crippen molar-refractivity contribution in [3.63, 3.8) is 0 Å². The topological polar surface area (TPSA) is 75.1 Å². The summed E-state index contributed by atoms with van der Waals surface area (Å²) in [5.74, 6) is -0.861. The van der Waals surface area contributed by atoms with Crippen molar-refractivity contribution in [2.24, 2.45) is 0 Å². The van der Waals surface area contributed by atoms with Crippen LogP contribution in [0.25, 0.3) is 0 Å². The number of carbonyl (C=O) groups is 1. The third-order valence-corrected chi connectivity index (χ3v) is 4.94. The lowest BCUT2D eigenvalue weighted by atomic mass is 10.1. The van der Waals surface area contributed by atoms with E-state index >= 15 is 0 Å². The largest absolute Gasteiger partial charge is 0.481 e. The highest BCUT2D eigenvalue weighted by Crippen LogP contribution is 2.28. The molecule has 20 heavy (non-hydrogen) atoms. The van der Waals surface area contributed by atoms with Gasteiger partial charge in [-0.25, -0.2) is 0 Å². The summed E-state index contributed by atoms with van der Waals surface area (Å²) in [6.45, 7) is 2.04. The first-order chi connectivity index (χ1) is 9.54. The molecule has 106 valence electrons. The molecule has 1 aromatic carbocycles. The SMILES string of the molecule is CC(Nc1nnc(SCC(=O)O)s1)c1ccc(Br)cc1. The number of hydrogen-bond acceptors (Lipinski definition) is 6. The maximum atomic E-state index is 10.5. The molecule has 0 amide bonds. The van der Waals surface area contributed by atoms with Crippen LogP contribution >= 0.6 is 39.0 Å². The highest BCUT2D eigenvalue weighted by Gasteiger charge is 2.10. The number of carboxylic acid groups (broad SMARTS) is 1. The van der Waals surface area contributed by atoms with Crippen LogP contribution < -0.4 is 5.32 Å². The summed E-state index contributed by atoms with van der Waals surface area (Å²) >= 11 is 5.93. The smallest absolute Gasteiger partial charge is 0.313 e.